The van der Waals surface area contributed by atoms with Crippen molar-refractivity contribution < 1.29 is 9.53 Å². The number of rotatable bonds is 10. The normalized spacial score (nSPS) is 11.3. The van der Waals surface area contributed by atoms with Crippen LogP contribution in [0.2, 0.25) is 0 Å². The number of amides is 1. The average molecular weight is 401 g/mol. The molecule has 2 aromatic heterocycles. The van der Waals surface area contributed by atoms with Crippen LogP contribution in [0.1, 0.15) is 26.0 Å². The lowest BCUT2D eigenvalue weighted by atomic mass is 10.1. The van der Waals surface area contributed by atoms with E-state index in [4.69, 9.17) is 4.74 Å². The van der Waals surface area contributed by atoms with Crippen LogP contribution in [0.3, 0.4) is 0 Å². The van der Waals surface area contributed by atoms with Gasteiger partial charge in [-0.2, -0.15) is 0 Å². The van der Waals surface area contributed by atoms with Crippen molar-refractivity contribution in [2.45, 2.75) is 26.7 Å². The number of hydrogen-bond acceptors (Lipinski definition) is 5. The quantitative estimate of drug-likeness (QED) is 0.530. The van der Waals surface area contributed by atoms with E-state index in [1.807, 2.05) is 40.2 Å². The minimum absolute atomic E-state index is 0.0517. The Morgan fingerprint density at radius 1 is 1.32 bits per heavy atom. The van der Waals surface area contributed by atoms with Crippen molar-refractivity contribution >= 4 is 22.2 Å². The van der Waals surface area contributed by atoms with Crippen LogP contribution in [0.4, 0.5) is 0 Å². The Bertz CT molecular complexity index is 914. The van der Waals surface area contributed by atoms with Gasteiger partial charge in [0.15, 0.2) is 4.96 Å². The zero-order chi connectivity index (χ0) is 19.9. The maximum atomic E-state index is 12.3. The molecule has 28 heavy (non-hydrogen) atoms. The number of nitrogens with one attached hydrogen (secondary N) is 1. The van der Waals surface area contributed by atoms with Crippen LogP contribution in [0.15, 0.2) is 35.8 Å². The molecule has 3 aromatic rings. The van der Waals surface area contributed by atoms with Crippen molar-refractivity contribution in [1.82, 2.24) is 19.6 Å². The van der Waals surface area contributed by atoms with Gasteiger partial charge in [-0.25, -0.2) is 4.98 Å². The molecule has 0 radical (unpaired) electrons. The van der Waals surface area contributed by atoms with Gasteiger partial charge in [0.1, 0.15) is 5.75 Å². The highest BCUT2D eigenvalue weighted by molar-refractivity contribution is 7.15. The summed E-state index contributed by atoms with van der Waals surface area (Å²) in [6.45, 7) is 8.15. The van der Waals surface area contributed by atoms with Crippen LogP contribution in [0.5, 0.6) is 5.75 Å². The molecule has 0 atom stereocenters. The topological polar surface area (TPSA) is 58.9 Å². The van der Waals surface area contributed by atoms with E-state index in [-0.39, 0.29) is 5.91 Å². The van der Waals surface area contributed by atoms with E-state index in [0.29, 0.717) is 13.0 Å². The molecule has 1 aromatic carbocycles. The molecule has 7 heteroatoms. The standard InChI is InChI=1S/C21H28N4O2S/c1-4-24(5-2)11-7-10-22-20(26)13-17-15-28-21-23-19(14-25(17)21)16-8-6-9-18(12-16)27-3/h6,8-9,12,14-15H,4-5,7,10-11,13H2,1-3H3,(H,22,26). The second kappa shape index (κ2) is 9.71. The molecule has 0 saturated heterocycles. The lowest BCUT2D eigenvalue weighted by Gasteiger charge is -2.17. The molecule has 0 aliphatic heterocycles. The highest BCUT2D eigenvalue weighted by atomic mass is 32.1. The lowest BCUT2D eigenvalue weighted by Crippen LogP contribution is -2.30. The zero-order valence-electron chi connectivity index (χ0n) is 16.8. The lowest BCUT2D eigenvalue weighted by molar-refractivity contribution is -0.120. The summed E-state index contributed by atoms with van der Waals surface area (Å²) in [6.07, 6.45) is 3.32. The van der Waals surface area contributed by atoms with Gasteiger partial charge in [0, 0.05) is 29.4 Å². The predicted molar refractivity (Wildman–Crippen MR) is 114 cm³/mol. The zero-order valence-corrected chi connectivity index (χ0v) is 17.6. The van der Waals surface area contributed by atoms with Gasteiger partial charge in [0.05, 0.1) is 19.2 Å². The van der Waals surface area contributed by atoms with Crippen molar-refractivity contribution in [3.8, 4) is 17.0 Å². The first-order valence-corrected chi connectivity index (χ1v) is 10.6. The van der Waals surface area contributed by atoms with Gasteiger partial charge in [0.25, 0.3) is 0 Å². The highest BCUT2D eigenvalue weighted by Crippen LogP contribution is 2.26. The third kappa shape index (κ3) is 4.91. The molecule has 0 spiro atoms. The molecule has 6 nitrogen and oxygen atoms in total. The number of aromatic nitrogens is 2. The van der Waals surface area contributed by atoms with Crippen molar-refractivity contribution in [1.29, 1.82) is 0 Å². The van der Waals surface area contributed by atoms with Crippen LogP contribution in [0, 0.1) is 0 Å². The van der Waals surface area contributed by atoms with E-state index < -0.39 is 0 Å². The number of thiazole rings is 1. The van der Waals surface area contributed by atoms with Crippen LogP contribution >= 0.6 is 11.3 Å². The maximum absolute atomic E-state index is 12.3. The fraction of sp³-hybridized carbons (Fsp3) is 0.429. The number of methoxy groups -OCH3 is 1. The van der Waals surface area contributed by atoms with Crippen LogP contribution in [0.25, 0.3) is 16.2 Å². The Labute approximate surface area is 170 Å². The first-order valence-electron chi connectivity index (χ1n) is 9.73. The molecular weight excluding hydrogens is 372 g/mol. The number of ether oxygens (including phenoxy) is 1. The Morgan fingerprint density at radius 3 is 2.89 bits per heavy atom. The summed E-state index contributed by atoms with van der Waals surface area (Å²) in [7, 11) is 1.66. The summed E-state index contributed by atoms with van der Waals surface area (Å²) in [5.41, 5.74) is 2.84. The molecule has 0 unspecified atom stereocenters. The van der Waals surface area contributed by atoms with E-state index >= 15 is 0 Å². The minimum Gasteiger partial charge on any atom is -0.497 e. The van der Waals surface area contributed by atoms with Gasteiger partial charge < -0.3 is 15.0 Å². The molecule has 3 rings (SSSR count). The molecular formula is C21H28N4O2S. The van der Waals surface area contributed by atoms with E-state index in [1.165, 1.54) is 0 Å². The fourth-order valence-corrected chi connectivity index (χ4v) is 4.05. The Kier molecular flexibility index (Phi) is 7.06. The molecule has 1 amide bonds. The summed E-state index contributed by atoms with van der Waals surface area (Å²) in [6, 6.07) is 7.85. The third-order valence-corrected chi connectivity index (χ3v) is 5.75. The number of fused-ring (bicyclic) bond motifs is 1. The first kappa shape index (κ1) is 20.4. The fourth-order valence-electron chi connectivity index (χ4n) is 3.18. The number of benzene rings is 1. The summed E-state index contributed by atoms with van der Waals surface area (Å²) in [5, 5.41) is 5.04. The number of hydrogen-bond donors (Lipinski definition) is 1. The largest absolute Gasteiger partial charge is 0.497 e. The van der Waals surface area contributed by atoms with Crippen LogP contribution < -0.4 is 10.1 Å². The number of carbonyl (C=O) groups excluding carboxylic acids is 1. The first-order chi connectivity index (χ1) is 13.6. The average Bonchev–Trinajstić information content (AvgIpc) is 3.30. The monoisotopic (exact) mass is 400 g/mol. The predicted octanol–water partition coefficient (Wildman–Crippen LogP) is 3.46. The minimum atomic E-state index is 0.0517. The Hall–Kier alpha value is -2.38. The van der Waals surface area contributed by atoms with E-state index in [0.717, 1.165) is 53.7 Å². The van der Waals surface area contributed by atoms with E-state index in [1.54, 1.807) is 18.4 Å². The third-order valence-electron chi connectivity index (χ3n) is 4.86. The van der Waals surface area contributed by atoms with Gasteiger partial charge in [-0.3, -0.25) is 9.20 Å². The summed E-state index contributed by atoms with van der Waals surface area (Å²) < 4.78 is 7.30. The second-order valence-corrected chi connectivity index (χ2v) is 7.48. The van der Waals surface area contributed by atoms with Crippen LogP contribution in [-0.4, -0.2) is 53.5 Å². The van der Waals surface area contributed by atoms with Crippen molar-refractivity contribution in [2.75, 3.05) is 33.3 Å². The Morgan fingerprint density at radius 2 is 2.14 bits per heavy atom. The molecule has 2 heterocycles. The van der Waals surface area contributed by atoms with Crippen molar-refractivity contribution in [2.24, 2.45) is 0 Å². The van der Waals surface area contributed by atoms with Gasteiger partial charge in [-0.05, 0) is 38.2 Å². The van der Waals surface area contributed by atoms with Gasteiger partial charge in [0.2, 0.25) is 5.91 Å². The summed E-state index contributed by atoms with van der Waals surface area (Å²) >= 11 is 1.55. The molecule has 0 aliphatic rings. The molecule has 0 saturated carbocycles. The van der Waals surface area contributed by atoms with E-state index in [2.05, 4.69) is 29.0 Å². The molecule has 0 fully saturated rings. The smallest absolute Gasteiger partial charge is 0.225 e. The maximum Gasteiger partial charge on any atom is 0.225 e. The van der Waals surface area contributed by atoms with Gasteiger partial charge in [-0.1, -0.05) is 26.0 Å². The molecule has 0 bridgehead atoms. The number of imidazole rings is 1. The summed E-state index contributed by atoms with van der Waals surface area (Å²) in [4.78, 5) is 20.3. The SMILES string of the molecule is CCN(CC)CCCNC(=O)Cc1csc2nc(-c3cccc(OC)c3)cn12. The molecule has 150 valence electrons. The summed E-state index contributed by atoms with van der Waals surface area (Å²) in [5.74, 6) is 0.856. The number of carbonyl (C=O) groups is 1. The van der Waals surface area contributed by atoms with E-state index in [9.17, 15) is 4.79 Å². The van der Waals surface area contributed by atoms with Gasteiger partial charge >= 0.3 is 0 Å². The van der Waals surface area contributed by atoms with Gasteiger partial charge in [-0.15, -0.1) is 11.3 Å². The molecule has 1 N–H and O–H groups in total. The second-order valence-electron chi connectivity index (χ2n) is 6.64. The van der Waals surface area contributed by atoms with Crippen molar-refractivity contribution in [3.63, 3.8) is 0 Å². The Balaban J connectivity index is 1.61. The van der Waals surface area contributed by atoms with Crippen molar-refractivity contribution in [3.05, 3.63) is 41.5 Å². The van der Waals surface area contributed by atoms with Crippen LogP contribution in [-0.2, 0) is 11.2 Å². The number of nitrogens with zero attached hydrogens (tertiary/aromatic N) is 3. The molecule has 0 aliphatic carbocycles. The highest BCUT2D eigenvalue weighted by Gasteiger charge is 2.13.